The molecule has 214 valence electrons. The van der Waals surface area contributed by atoms with E-state index in [1.807, 2.05) is 20.5 Å². The van der Waals surface area contributed by atoms with E-state index in [4.69, 9.17) is 21.1 Å². The van der Waals surface area contributed by atoms with Crippen molar-refractivity contribution in [2.75, 3.05) is 26.4 Å². The predicted octanol–water partition coefficient (Wildman–Crippen LogP) is 5.84. The Labute approximate surface area is 226 Å². The number of hydrogen-bond donors (Lipinski definition) is 3. The summed E-state index contributed by atoms with van der Waals surface area (Å²) in [6.45, 7) is 17.8. The molecule has 2 aromatic rings. The Morgan fingerprint density at radius 1 is 0.973 bits per heavy atom. The van der Waals surface area contributed by atoms with Gasteiger partial charge in [0.25, 0.3) is 5.91 Å². The Kier molecular flexibility index (Phi) is 33.9. The van der Waals surface area contributed by atoms with Crippen LogP contribution in [0.5, 0.6) is 0 Å². The second-order valence-corrected chi connectivity index (χ2v) is 6.94. The SMILES string of the molecule is CC.CC=O.CCCN.CCc1cc(C(=O)NOCCN)c(C)c(F)c1F.CP.Cc1ccc(C)cc1. The summed E-state index contributed by atoms with van der Waals surface area (Å²) < 4.78 is 27.0. The molecule has 2 rings (SSSR count). The van der Waals surface area contributed by atoms with Crippen LogP contribution in [0.15, 0.2) is 30.3 Å². The molecule has 1 atom stereocenters. The Hall–Kier alpha value is -2.25. The van der Waals surface area contributed by atoms with Crippen molar-refractivity contribution in [3.8, 4) is 0 Å². The van der Waals surface area contributed by atoms with E-state index in [0.29, 0.717) is 6.42 Å². The molecule has 0 aliphatic carbocycles. The van der Waals surface area contributed by atoms with Crippen molar-refractivity contribution in [3.63, 3.8) is 0 Å². The molecule has 5 N–H and O–H groups in total. The highest BCUT2D eigenvalue weighted by atomic mass is 31.0. The quantitative estimate of drug-likeness (QED) is 0.183. The van der Waals surface area contributed by atoms with E-state index in [1.54, 1.807) is 6.92 Å². The molecule has 0 aliphatic heterocycles. The first-order valence-electron chi connectivity index (χ1n) is 12.4. The predicted molar refractivity (Wildman–Crippen MR) is 157 cm³/mol. The number of amides is 1. The summed E-state index contributed by atoms with van der Waals surface area (Å²) in [5.74, 6) is -2.53. The zero-order valence-corrected chi connectivity index (χ0v) is 25.4. The molecule has 0 saturated heterocycles. The number of aldehydes is 1. The highest BCUT2D eigenvalue weighted by molar-refractivity contribution is 7.15. The van der Waals surface area contributed by atoms with Crippen LogP contribution >= 0.6 is 9.24 Å². The fraction of sp³-hybridized carbons (Fsp3) is 0.500. The molecule has 0 radical (unpaired) electrons. The van der Waals surface area contributed by atoms with Gasteiger partial charge in [0.05, 0.1) is 6.61 Å². The van der Waals surface area contributed by atoms with Crippen LogP contribution in [-0.2, 0) is 16.1 Å². The summed E-state index contributed by atoms with van der Waals surface area (Å²) in [5, 5.41) is 0. The lowest BCUT2D eigenvalue weighted by Crippen LogP contribution is -2.27. The average Bonchev–Trinajstić information content (AvgIpc) is 2.92. The monoisotopic (exact) mass is 545 g/mol. The van der Waals surface area contributed by atoms with Crippen LogP contribution in [0.25, 0.3) is 0 Å². The molecule has 6 nitrogen and oxygen atoms in total. The molecular formula is C28H50F2N3O3P. The van der Waals surface area contributed by atoms with Crippen LogP contribution in [0, 0.1) is 32.4 Å². The van der Waals surface area contributed by atoms with Gasteiger partial charge in [-0.1, -0.05) is 69.8 Å². The average molecular weight is 546 g/mol. The smallest absolute Gasteiger partial charge is 0.275 e. The summed E-state index contributed by atoms with van der Waals surface area (Å²) in [6, 6.07) is 9.81. The molecule has 0 aliphatic rings. The van der Waals surface area contributed by atoms with Crippen LogP contribution < -0.4 is 16.9 Å². The maximum atomic E-state index is 13.6. The number of nitrogens with two attached hydrogens (primary N) is 2. The van der Waals surface area contributed by atoms with Crippen LogP contribution in [0.1, 0.15) is 73.7 Å². The van der Waals surface area contributed by atoms with Gasteiger partial charge in [-0.25, -0.2) is 14.3 Å². The lowest BCUT2D eigenvalue weighted by Gasteiger charge is -2.11. The first kappa shape index (κ1) is 41.9. The zero-order valence-electron chi connectivity index (χ0n) is 24.2. The number of benzene rings is 2. The van der Waals surface area contributed by atoms with E-state index < -0.39 is 17.5 Å². The van der Waals surface area contributed by atoms with Gasteiger partial charge in [0, 0.05) is 17.7 Å². The zero-order chi connectivity index (χ0) is 29.8. The molecule has 0 aromatic heterocycles. The van der Waals surface area contributed by atoms with Gasteiger partial charge in [-0.15, -0.1) is 9.24 Å². The third kappa shape index (κ3) is 21.5. The molecule has 37 heavy (non-hydrogen) atoms. The Morgan fingerprint density at radius 3 is 1.70 bits per heavy atom. The minimum Gasteiger partial charge on any atom is -0.330 e. The largest absolute Gasteiger partial charge is 0.330 e. The molecule has 0 bridgehead atoms. The number of hydroxylamine groups is 1. The van der Waals surface area contributed by atoms with E-state index in [0.717, 1.165) is 19.3 Å². The molecule has 1 amide bonds. The van der Waals surface area contributed by atoms with Gasteiger partial charge in [-0.3, -0.25) is 9.63 Å². The number of aryl methyl sites for hydroxylation is 3. The van der Waals surface area contributed by atoms with E-state index >= 15 is 0 Å². The fourth-order valence-electron chi connectivity index (χ4n) is 2.13. The maximum Gasteiger partial charge on any atom is 0.275 e. The van der Waals surface area contributed by atoms with Crippen LogP contribution in [0.2, 0.25) is 0 Å². The summed E-state index contributed by atoms with van der Waals surface area (Å²) >= 11 is 0. The van der Waals surface area contributed by atoms with Crippen molar-refractivity contribution in [1.82, 2.24) is 5.48 Å². The van der Waals surface area contributed by atoms with Crippen molar-refractivity contribution < 1.29 is 23.2 Å². The third-order valence-electron chi connectivity index (χ3n) is 4.04. The van der Waals surface area contributed by atoms with Gasteiger partial charge >= 0.3 is 0 Å². The maximum absolute atomic E-state index is 13.6. The van der Waals surface area contributed by atoms with Crippen molar-refractivity contribution in [2.45, 2.75) is 68.2 Å². The molecule has 0 saturated carbocycles. The van der Waals surface area contributed by atoms with Gasteiger partial charge in [-0.05, 0) is 58.7 Å². The number of carbonyl (C=O) groups is 2. The summed E-state index contributed by atoms with van der Waals surface area (Å²) in [6.07, 6.45) is 2.15. The Morgan fingerprint density at radius 2 is 1.38 bits per heavy atom. The van der Waals surface area contributed by atoms with Crippen molar-refractivity contribution in [3.05, 3.63) is 69.8 Å². The van der Waals surface area contributed by atoms with Crippen LogP contribution in [0.4, 0.5) is 8.78 Å². The number of nitrogens with one attached hydrogen (secondary N) is 1. The van der Waals surface area contributed by atoms with E-state index in [2.05, 4.69) is 59.8 Å². The van der Waals surface area contributed by atoms with Gasteiger partial charge in [0.15, 0.2) is 11.6 Å². The third-order valence-corrected chi connectivity index (χ3v) is 4.04. The lowest BCUT2D eigenvalue weighted by atomic mass is 10.0. The number of carbonyl (C=O) groups excluding carboxylic acids is 2. The van der Waals surface area contributed by atoms with E-state index in [-0.39, 0.29) is 29.8 Å². The van der Waals surface area contributed by atoms with Gasteiger partial charge in [-0.2, -0.15) is 0 Å². The highest BCUT2D eigenvalue weighted by Gasteiger charge is 2.19. The van der Waals surface area contributed by atoms with Gasteiger partial charge < -0.3 is 16.3 Å². The molecule has 0 fully saturated rings. The molecule has 0 heterocycles. The van der Waals surface area contributed by atoms with Gasteiger partial charge in [0.1, 0.15) is 6.29 Å². The standard InChI is InChI=1S/C12H16F2N2O2.C8H10.C3H9N.C2H4O.C2H6.CH5P/c1-3-8-6-9(7(2)10(13)11(8)14)12(17)16-18-5-4-15;1-7-3-5-8(2)6-4-7;1-2-3-4;1-2-3;2*1-2/h6H,3-5,15H2,1-2H3,(H,16,17);3-6H,1-2H3;2-4H2,1H3;2H,1H3;1-2H3;2H2,1H3. The Balaban J connectivity index is -0.000000236. The lowest BCUT2D eigenvalue weighted by molar-refractivity contribution is -0.106. The molecule has 9 heteroatoms. The minimum absolute atomic E-state index is 0.0430. The molecular weight excluding hydrogens is 495 g/mol. The minimum atomic E-state index is -1.00. The fourth-order valence-corrected chi connectivity index (χ4v) is 2.13. The van der Waals surface area contributed by atoms with Crippen molar-refractivity contribution in [1.29, 1.82) is 0 Å². The van der Waals surface area contributed by atoms with E-state index in [9.17, 15) is 13.6 Å². The Bertz CT molecular complexity index is 798. The normalized spacial score (nSPS) is 8.59. The van der Waals surface area contributed by atoms with Gasteiger partial charge in [0.2, 0.25) is 0 Å². The number of halogens is 2. The van der Waals surface area contributed by atoms with E-state index in [1.165, 1.54) is 31.0 Å². The summed E-state index contributed by atoms with van der Waals surface area (Å²) in [5.41, 5.74) is 15.2. The van der Waals surface area contributed by atoms with Crippen LogP contribution in [0.3, 0.4) is 0 Å². The van der Waals surface area contributed by atoms with Crippen molar-refractivity contribution >= 4 is 21.4 Å². The number of hydrogen-bond acceptors (Lipinski definition) is 5. The first-order valence-corrected chi connectivity index (χ1v) is 13.6. The topological polar surface area (TPSA) is 107 Å². The first-order chi connectivity index (χ1) is 17.6. The second kappa shape index (κ2) is 30.0. The number of rotatable bonds is 6. The molecule has 2 aromatic carbocycles. The highest BCUT2D eigenvalue weighted by Crippen LogP contribution is 2.20. The second-order valence-electron chi connectivity index (χ2n) is 6.94. The summed E-state index contributed by atoms with van der Waals surface area (Å²) in [7, 11) is 2.42. The summed E-state index contributed by atoms with van der Waals surface area (Å²) in [4.78, 5) is 25.3. The van der Waals surface area contributed by atoms with Crippen molar-refractivity contribution in [2.24, 2.45) is 11.5 Å². The molecule has 1 unspecified atom stereocenters. The van der Waals surface area contributed by atoms with Crippen LogP contribution in [-0.4, -0.2) is 38.6 Å². The molecule has 0 spiro atoms.